The number of nitrogens with one attached hydrogen (secondary N) is 1. The number of hydrogen-bond acceptors (Lipinski definition) is 4. The van der Waals surface area contributed by atoms with Crippen LogP contribution < -0.4 is 19.5 Å². The first-order valence-electron chi connectivity index (χ1n) is 9.17. The molecule has 0 heterocycles. The maximum absolute atomic E-state index is 12.9. The molecule has 1 N–H and O–H groups in total. The van der Waals surface area contributed by atoms with Crippen LogP contribution in [0.1, 0.15) is 11.1 Å². The van der Waals surface area contributed by atoms with Crippen molar-refractivity contribution in [3.63, 3.8) is 0 Å². The molecule has 0 aliphatic heterocycles. The lowest BCUT2D eigenvalue weighted by Crippen LogP contribution is -2.13. The summed E-state index contributed by atoms with van der Waals surface area (Å²) in [5, 5.41) is 3.34. The molecule has 3 rings (SSSR count). The van der Waals surface area contributed by atoms with E-state index in [4.69, 9.17) is 14.2 Å². The molecular weight excluding hydrogens is 357 g/mol. The molecule has 0 aliphatic carbocycles. The minimum Gasteiger partial charge on any atom is -0.493 e. The molecular formula is C23H24FNO3. The summed E-state index contributed by atoms with van der Waals surface area (Å²) in [7, 11) is 1.62. The van der Waals surface area contributed by atoms with Crippen LogP contribution in [0.25, 0.3) is 0 Å². The first kappa shape index (κ1) is 19.7. The maximum Gasteiger partial charge on any atom is 0.161 e. The van der Waals surface area contributed by atoms with Gasteiger partial charge in [-0.05, 0) is 47.5 Å². The van der Waals surface area contributed by atoms with Gasteiger partial charge in [0.25, 0.3) is 0 Å². The summed E-state index contributed by atoms with van der Waals surface area (Å²) in [6.07, 6.45) is 0. The van der Waals surface area contributed by atoms with Crippen LogP contribution in [0.4, 0.5) is 4.39 Å². The van der Waals surface area contributed by atoms with Crippen LogP contribution in [0.2, 0.25) is 0 Å². The Morgan fingerprint density at radius 3 is 2.18 bits per heavy atom. The number of para-hydroxylation sites is 1. The molecule has 0 spiro atoms. The van der Waals surface area contributed by atoms with E-state index < -0.39 is 0 Å². The zero-order valence-corrected chi connectivity index (χ0v) is 15.9. The Morgan fingerprint density at radius 1 is 0.750 bits per heavy atom. The van der Waals surface area contributed by atoms with Gasteiger partial charge in [0.1, 0.15) is 24.8 Å². The van der Waals surface area contributed by atoms with Crippen LogP contribution in [-0.2, 0) is 13.1 Å². The average molecular weight is 381 g/mol. The topological polar surface area (TPSA) is 39.7 Å². The molecule has 0 fully saturated rings. The normalized spacial score (nSPS) is 10.5. The molecule has 0 saturated heterocycles. The van der Waals surface area contributed by atoms with Gasteiger partial charge in [0.15, 0.2) is 11.5 Å². The average Bonchev–Trinajstić information content (AvgIpc) is 2.74. The fourth-order valence-corrected chi connectivity index (χ4v) is 2.72. The standard InChI is InChI=1S/C23H24FNO3/c1-26-23-15-19(17-25-16-18-7-10-20(24)11-8-18)9-12-22(23)28-14-13-27-21-5-3-2-4-6-21/h2-12,15,25H,13-14,16-17H2,1H3. The molecule has 3 aromatic carbocycles. The molecule has 28 heavy (non-hydrogen) atoms. The smallest absolute Gasteiger partial charge is 0.161 e. The fraction of sp³-hybridized carbons (Fsp3) is 0.217. The van der Waals surface area contributed by atoms with Crippen LogP contribution in [0.3, 0.4) is 0 Å². The van der Waals surface area contributed by atoms with Crippen molar-refractivity contribution in [1.29, 1.82) is 0 Å². The first-order valence-corrected chi connectivity index (χ1v) is 9.17. The van der Waals surface area contributed by atoms with E-state index in [2.05, 4.69) is 5.32 Å². The van der Waals surface area contributed by atoms with Crippen molar-refractivity contribution in [1.82, 2.24) is 5.32 Å². The third-order valence-electron chi connectivity index (χ3n) is 4.15. The largest absolute Gasteiger partial charge is 0.493 e. The molecule has 0 atom stereocenters. The molecule has 0 aromatic heterocycles. The highest BCUT2D eigenvalue weighted by Crippen LogP contribution is 2.28. The van der Waals surface area contributed by atoms with Gasteiger partial charge in [-0.1, -0.05) is 36.4 Å². The Kier molecular flexibility index (Phi) is 7.27. The van der Waals surface area contributed by atoms with Gasteiger partial charge in [-0.15, -0.1) is 0 Å². The van der Waals surface area contributed by atoms with E-state index in [-0.39, 0.29) is 5.82 Å². The van der Waals surface area contributed by atoms with Crippen LogP contribution >= 0.6 is 0 Å². The third-order valence-corrected chi connectivity index (χ3v) is 4.15. The van der Waals surface area contributed by atoms with E-state index in [0.717, 1.165) is 16.9 Å². The number of halogens is 1. The van der Waals surface area contributed by atoms with Gasteiger partial charge in [0.2, 0.25) is 0 Å². The summed E-state index contributed by atoms with van der Waals surface area (Å²) >= 11 is 0. The van der Waals surface area contributed by atoms with E-state index in [1.54, 1.807) is 19.2 Å². The summed E-state index contributed by atoms with van der Waals surface area (Å²) in [5.74, 6) is 1.96. The van der Waals surface area contributed by atoms with Gasteiger partial charge in [-0.2, -0.15) is 0 Å². The molecule has 0 bridgehead atoms. The minimum absolute atomic E-state index is 0.224. The predicted molar refractivity (Wildman–Crippen MR) is 107 cm³/mol. The lowest BCUT2D eigenvalue weighted by atomic mass is 10.2. The SMILES string of the molecule is COc1cc(CNCc2ccc(F)cc2)ccc1OCCOc1ccccc1. The van der Waals surface area contributed by atoms with Crippen LogP contribution in [0.5, 0.6) is 17.2 Å². The Hall–Kier alpha value is -3.05. The quantitative estimate of drug-likeness (QED) is 0.522. The third kappa shape index (κ3) is 5.99. The van der Waals surface area contributed by atoms with Crippen molar-refractivity contribution in [3.8, 4) is 17.2 Å². The monoisotopic (exact) mass is 381 g/mol. The second-order valence-electron chi connectivity index (χ2n) is 6.23. The highest BCUT2D eigenvalue weighted by atomic mass is 19.1. The first-order chi connectivity index (χ1) is 13.7. The number of benzene rings is 3. The van der Waals surface area contributed by atoms with Gasteiger partial charge in [0.05, 0.1) is 7.11 Å². The van der Waals surface area contributed by atoms with E-state index in [9.17, 15) is 4.39 Å². The highest BCUT2D eigenvalue weighted by molar-refractivity contribution is 5.43. The second kappa shape index (κ2) is 10.3. The van der Waals surface area contributed by atoms with Crippen LogP contribution in [0, 0.1) is 5.82 Å². The van der Waals surface area contributed by atoms with Crippen molar-refractivity contribution in [2.45, 2.75) is 13.1 Å². The lowest BCUT2D eigenvalue weighted by molar-refractivity contribution is 0.211. The van der Waals surface area contributed by atoms with E-state index in [0.29, 0.717) is 37.8 Å². The van der Waals surface area contributed by atoms with Gasteiger partial charge >= 0.3 is 0 Å². The summed E-state index contributed by atoms with van der Waals surface area (Å²) in [6.45, 7) is 2.21. The van der Waals surface area contributed by atoms with Crippen LogP contribution in [-0.4, -0.2) is 20.3 Å². The van der Waals surface area contributed by atoms with Crippen molar-refractivity contribution >= 4 is 0 Å². The second-order valence-corrected chi connectivity index (χ2v) is 6.23. The van der Waals surface area contributed by atoms with Gasteiger partial charge in [-0.25, -0.2) is 4.39 Å². The van der Waals surface area contributed by atoms with Crippen molar-refractivity contribution in [2.24, 2.45) is 0 Å². The van der Waals surface area contributed by atoms with Crippen molar-refractivity contribution in [2.75, 3.05) is 20.3 Å². The zero-order chi connectivity index (χ0) is 19.6. The highest BCUT2D eigenvalue weighted by Gasteiger charge is 2.06. The Balaban J connectivity index is 1.46. The Bertz CT molecular complexity index is 853. The molecule has 5 heteroatoms. The number of rotatable bonds is 10. The van der Waals surface area contributed by atoms with Crippen LogP contribution in [0.15, 0.2) is 72.8 Å². The summed E-state index contributed by atoms with van der Waals surface area (Å²) in [4.78, 5) is 0. The predicted octanol–water partition coefficient (Wildman–Crippen LogP) is 4.58. The van der Waals surface area contributed by atoms with Crippen molar-refractivity contribution < 1.29 is 18.6 Å². The molecule has 0 saturated carbocycles. The summed E-state index contributed by atoms with van der Waals surface area (Å²) in [5.41, 5.74) is 2.11. The maximum atomic E-state index is 12.9. The minimum atomic E-state index is -0.224. The van der Waals surface area contributed by atoms with Crippen molar-refractivity contribution in [3.05, 3.63) is 89.7 Å². The molecule has 0 aliphatic rings. The molecule has 4 nitrogen and oxygen atoms in total. The van der Waals surface area contributed by atoms with Gasteiger partial charge in [0, 0.05) is 13.1 Å². The van der Waals surface area contributed by atoms with Gasteiger partial charge < -0.3 is 19.5 Å². The lowest BCUT2D eigenvalue weighted by Gasteiger charge is -2.13. The molecule has 146 valence electrons. The van der Waals surface area contributed by atoms with E-state index in [1.807, 2.05) is 48.5 Å². The molecule has 0 unspecified atom stereocenters. The Labute approximate surface area is 164 Å². The van der Waals surface area contributed by atoms with E-state index in [1.165, 1.54) is 12.1 Å². The molecule has 0 amide bonds. The molecule has 0 radical (unpaired) electrons. The van der Waals surface area contributed by atoms with Gasteiger partial charge in [-0.3, -0.25) is 0 Å². The number of hydrogen-bond donors (Lipinski definition) is 1. The van der Waals surface area contributed by atoms with E-state index >= 15 is 0 Å². The Morgan fingerprint density at radius 2 is 1.43 bits per heavy atom. The molecule has 3 aromatic rings. The zero-order valence-electron chi connectivity index (χ0n) is 15.9. The number of ether oxygens (including phenoxy) is 3. The summed E-state index contributed by atoms with van der Waals surface area (Å²) in [6, 6.07) is 22.0. The number of methoxy groups -OCH3 is 1. The fourth-order valence-electron chi connectivity index (χ4n) is 2.72. The summed E-state index contributed by atoms with van der Waals surface area (Å²) < 4.78 is 29.8.